The van der Waals surface area contributed by atoms with E-state index in [2.05, 4.69) is 34.6 Å². The highest BCUT2D eigenvalue weighted by atomic mass is 33.1. The van der Waals surface area contributed by atoms with Gasteiger partial charge in [-0.2, -0.15) is 0 Å². The minimum atomic E-state index is -0.164. The van der Waals surface area contributed by atoms with Gasteiger partial charge in [-0.3, -0.25) is 4.39 Å². The lowest BCUT2D eigenvalue weighted by atomic mass is 9.90. The Kier molecular flexibility index (Phi) is 15.3. The molecule has 0 aliphatic heterocycles. The predicted octanol–water partition coefficient (Wildman–Crippen LogP) is 8.45. The number of hydrogen-bond acceptors (Lipinski definition) is 2. The van der Waals surface area contributed by atoms with E-state index in [4.69, 9.17) is 0 Å². The molecule has 0 unspecified atom stereocenters. The quantitative estimate of drug-likeness (QED) is 0.211. The van der Waals surface area contributed by atoms with Gasteiger partial charge in [-0.05, 0) is 25.2 Å². The molecule has 1 atom stereocenters. The number of hydrogen-bond donors (Lipinski definition) is 0. The van der Waals surface area contributed by atoms with Crippen molar-refractivity contribution in [2.24, 2.45) is 5.92 Å². The lowest BCUT2D eigenvalue weighted by Crippen LogP contribution is -2.19. The topological polar surface area (TPSA) is 0 Å². The monoisotopic (exact) mass is 364 g/mol. The average molecular weight is 365 g/mol. The maximum Gasteiger partial charge on any atom is 0.0905 e. The van der Waals surface area contributed by atoms with Crippen molar-refractivity contribution in [2.45, 2.75) is 115 Å². The minimum Gasteiger partial charge on any atom is -0.251 e. The number of unbranched alkanes of at least 4 members (excludes halogenated alkanes) is 6. The summed E-state index contributed by atoms with van der Waals surface area (Å²) in [4.78, 5) is 0. The summed E-state index contributed by atoms with van der Waals surface area (Å²) >= 11 is 0. The Morgan fingerprint density at radius 3 is 1.70 bits per heavy atom. The van der Waals surface area contributed by atoms with E-state index < -0.39 is 0 Å². The highest BCUT2D eigenvalue weighted by molar-refractivity contribution is 8.77. The van der Waals surface area contributed by atoms with Gasteiger partial charge in [-0.25, -0.2) is 0 Å². The Labute approximate surface area is 153 Å². The smallest absolute Gasteiger partial charge is 0.0905 e. The molecule has 140 valence electrons. The average Bonchev–Trinajstić information content (AvgIpc) is 2.49. The highest BCUT2D eigenvalue weighted by Crippen LogP contribution is 2.43. The first-order valence-corrected chi connectivity index (χ1v) is 12.1. The van der Waals surface area contributed by atoms with Gasteiger partial charge in [0.05, 0.1) is 6.67 Å². The number of halogens is 1. The van der Waals surface area contributed by atoms with Gasteiger partial charge in [-0.1, -0.05) is 108 Å². The first-order valence-electron chi connectivity index (χ1n) is 9.85. The van der Waals surface area contributed by atoms with Crippen LogP contribution in [0.5, 0.6) is 0 Å². The van der Waals surface area contributed by atoms with Crippen LogP contribution >= 0.6 is 21.6 Å². The van der Waals surface area contributed by atoms with Gasteiger partial charge in [0.1, 0.15) is 0 Å². The Bertz CT molecular complexity index is 239. The molecule has 0 nitrogen and oxygen atoms in total. The zero-order valence-corrected chi connectivity index (χ0v) is 18.0. The minimum absolute atomic E-state index is 0.164. The van der Waals surface area contributed by atoms with Gasteiger partial charge < -0.3 is 0 Å². The van der Waals surface area contributed by atoms with Crippen molar-refractivity contribution in [2.75, 3.05) is 6.67 Å². The van der Waals surface area contributed by atoms with E-state index in [1.54, 1.807) is 0 Å². The first-order chi connectivity index (χ1) is 10.9. The van der Waals surface area contributed by atoms with Crippen LogP contribution in [0.2, 0.25) is 0 Å². The first kappa shape index (κ1) is 23.6. The maximum atomic E-state index is 13.1. The molecule has 0 aliphatic carbocycles. The Morgan fingerprint density at radius 2 is 1.30 bits per heavy atom. The van der Waals surface area contributed by atoms with Crippen LogP contribution in [-0.2, 0) is 0 Å². The third-order valence-corrected chi connectivity index (χ3v) is 8.19. The van der Waals surface area contributed by atoms with E-state index >= 15 is 0 Å². The van der Waals surface area contributed by atoms with Crippen molar-refractivity contribution in [3.05, 3.63) is 0 Å². The fraction of sp³-hybridized carbons (Fsp3) is 1.00. The van der Waals surface area contributed by atoms with Crippen LogP contribution in [0.15, 0.2) is 0 Å². The molecule has 0 radical (unpaired) electrons. The summed E-state index contributed by atoms with van der Waals surface area (Å²) < 4.78 is 13.3. The van der Waals surface area contributed by atoms with E-state index in [0.29, 0.717) is 11.2 Å². The molecule has 0 fully saturated rings. The second kappa shape index (κ2) is 14.9. The standard InChI is InChI=1S/C20H41FS2/c1-6-8-10-12-14-18(15-13-11-9-7-2)19(16-17-21)22-23-20(3,4)5/h18-19H,6-17H2,1-5H3/t19-/m0/s1. The van der Waals surface area contributed by atoms with E-state index in [0.717, 1.165) is 6.42 Å². The molecule has 0 aromatic carbocycles. The van der Waals surface area contributed by atoms with Crippen molar-refractivity contribution >= 4 is 21.6 Å². The van der Waals surface area contributed by atoms with Crippen LogP contribution in [0.4, 0.5) is 4.39 Å². The van der Waals surface area contributed by atoms with Crippen LogP contribution in [0.25, 0.3) is 0 Å². The van der Waals surface area contributed by atoms with Crippen LogP contribution in [0.1, 0.15) is 105 Å². The van der Waals surface area contributed by atoms with Crippen molar-refractivity contribution < 1.29 is 4.39 Å². The van der Waals surface area contributed by atoms with Gasteiger partial charge in [0.2, 0.25) is 0 Å². The molecule has 0 rings (SSSR count). The van der Waals surface area contributed by atoms with Crippen molar-refractivity contribution in [3.8, 4) is 0 Å². The van der Waals surface area contributed by atoms with Crippen LogP contribution < -0.4 is 0 Å². The van der Waals surface area contributed by atoms with Crippen molar-refractivity contribution in [3.63, 3.8) is 0 Å². The Hall–Kier alpha value is 0.630. The lowest BCUT2D eigenvalue weighted by Gasteiger charge is -2.28. The van der Waals surface area contributed by atoms with E-state index in [1.165, 1.54) is 64.2 Å². The fourth-order valence-electron chi connectivity index (χ4n) is 2.86. The van der Waals surface area contributed by atoms with E-state index in [1.807, 2.05) is 21.6 Å². The lowest BCUT2D eigenvalue weighted by molar-refractivity contribution is 0.359. The van der Waals surface area contributed by atoms with Gasteiger partial charge >= 0.3 is 0 Å². The molecule has 23 heavy (non-hydrogen) atoms. The zero-order chi connectivity index (χ0) is 17.6. The molecule has 0 amide bonds. The maximum absolute atomic E-state index is 13.1. The third kappa shape index (κ3) is 14.7. The van der Waals surface area contributed by atoms with Gasteiger partial charge in [0, 0.05) is 10.00 Å². The molecule has 0 heterocycles. The van der Waals surface area contributed by atoms with Crippen LogP contribution in [0.3, 0.4) is 0 Å². The molecule has 0 aromatic rings. The summed E-state index contributed by atoms with van der Waals surface area (Å²) in [6.45, 7) is 11.1. The molecule has 0 saturated carbocycles. The molecular formula is C20H41FS2. The highest BCUT2D eigenvalue weighted by Gasteiger charge is 2.24. The van der Waals surface area contributed by atoms with Crippen molar-refractivity contribution in [1.82, 2.24) is 0 Å². The molecule has 0 spiro atoms. The summed E-state index contributed by atoms with van der Waals surface area (Å²) in [6.07, 6.45) is 14.0. The summed E-state index contributed by atoms with van der Waals surface area (Å²) in [6, 6.07) is 0. The number of rotatable bonds is 15. The van der Waals surface area contributed by atoms with Gasteiger partial charge in [0.15, 0.2) is 0 Å². The Balaban J connectivity index is 4.49. The second-order valence-corrected chi connectivity index (χ2v) is 11.0. The van der Waals surface area contributed by atoms with E-state index in [9.17, 15) is 4.39 Å². The predicted molar refractivity (Wildman–Crippen MR) is 110 cm³/mol. The van der Waals surface area contributed by atoms with E-state index in [-0.39, 0.29) is 11.4 Å². The SMILES string of the molecule is CCCCCCC(CCCCCC)[C@H](CCF)SSC(C)(C)C. The second-order valence-electron chi connectivity index (χ2n) is 7.77. The third-order valence-electron chi connectivity index (χ3n) is 4.20. The fourth-order valence-corrected chi connectivity index (χ4v) is 5.88. The van der Waals surface area contributed by atoms with Gasteiger partial charge in [0.25, 0.3) is 0 Å². The Morgan fingerprint density at radius 1 is 0.783 bits per heavy atom. The summed E-state index contributed by atoms with van der Waals surface area (Å²) in [5.41, 5.74) is 0. The molecule has 0 N–H and O–H groups in total. The zero-order valence-electron chi connectivity index (χ0n) is 16.3. The molecule has 3 heteroatoms. The van der Waals surface area contributed by atoms with Crippen molar-refractivity contribution in [1.29, 1.82) is 0 Å². The summed E-state index contributed by atoms with van der Waals surface area (Å²) in [7, 11) is 3.91. The molecule has 0 bridgehead atoms. The molecule has 0 aliphatic rings. The molecule has 0 saturated heterocycles. The normalized spacial score (nSPS) is 13.7. The van der Waals surface area contributed by atoms with Crippen LogP contribution in [-0.4, -0.2) is 16.7 Å². The number of alkyl halides is 1. The summed E-state index contributed by atoms with van der Waals surface area (Å²) in [5, 5.41) is 0.493. The largest absolute Gasteiger partial charge is 0.251 e. The molecule has 0 aromatic heterocycles. The summed E-state index contributed by atoms with van der Waals surface area (Å²) in [5.74, 6) is 0.708. The van der Waals surface area contributed by atoms with Crippen LogP contribution in [0, 0.1) is 5.92 Å². The molecular weight excluding hydrogens is 323 g/mol. The van der Waals surface area contributed by atoms with Gasteiger partial charge in [-0.15, -0.1) is 0 Å².